The quantitative estimate of drug-likeness (QED) is 0.825. The molecule has 1 aliphatic rings. The number of nitrogens with zero attached hydrogens (tertiary/aromatic N) is 1. The van der Waals surface area contributed by atoms with E-state index in [1.54, 1.807) is 0 Å². The highest BCUT2D eigenvalue weighted by molar-refractivity contribution is 5.23. The van der Waals surface area contributed by atoms with Gasteiger partial charge in [-0.15, -0.1) is 0 Å². The third-order valence-electron chi connectivity index (χ3n) is 3.19. The third kappa shape index (κ3) is 3.16. The maximum atomic E-state index is 13.8. The van der Waals surface area contributed by atoms with E-state index in [2.05, 4.69) is 4.98 Å². The van der Waals surface area contributed by atoms with Crippen LogP contribution in [0.25, 0.3) is 0 Å². The van der Waals surface area contributed by atoms with Crippen LogP contribution < -0.4 is 4.74 Å². The van der Waals surface area contributed by atoms with E-state index < -0.39 is 5.82 Å². The Kier molecular flexibility index (Phi) is 4.31. The second-order valence-corrected chi connectivity index (χ2v) is 4.48. The maximum Gasteiger partial charge on any atom is 0.251 e. The van der Waals surface area contributed by atoms with Gasteiger partial charge in [0.1, 0.15) is 6.10 Å². The van der Waals surface area contributed by atoms with Gasteiger partial charge in [0, 0.05) is 11.8 Å². The Hall–Kier alpha value is -1.16. The second kappa shape index (κ2) is 5.96. The summed E-state index contributed by atoms with van der Waals surface area (Å²) in [5, 5.41) is 8.97. The molecule has 0 unspecified atom stereocenters. The van der Waals surface area contributed by atoms with Gasteiger partial charge in [0.05, 0.1) is 6.61 Å². The molecule has 1 aliphatic carbocycles. The lowest BCUT2D eigenvalue weighted by molar-refractivity contribution is 0.166. The fourth-order valence-electron chi connectivity index (χ4n) is 2.18. The highest BCUT2D eigenvalue weighted by atomic mass is 19.1. The molecule has 1 aromatic heterocycles. The van der Waals surface area contributed by atoms with Crippen LogP contribution in [0.5, 0.6) is 5.88 Å². The molecule has 1 N–H and O–H groups in total. The van der Waals surface area contributed by atoms with Crippen molar-refractivity contribution < 1.29 is 14.2 Å². The molecule has 1 fully saturated rings. The molecule has 17 heavy (non-hydrogen) atoms. The smallest absolute Gasteiger partial charge is 0.251 e. The molecule has 0 aromatic carbocycles. The van der Waals surface area contributed by atoms with E-state index in [1.165, 1.54) is 25.1 Å². The summed E-state index contributed by atoms with van der Waals surface area (Å²) in [5.41, 5.74) is 0.239. The van der Waals surface area contributed by atoms with E-state index in [0.29, 0.717) is 0 Å². The Labute approximate surface area is 101 Å². The summed E-state index contributed by atoms with van der Waals surface area (Å²) in [5.74, 6) is -0.498. The number of pyridine rings is 1. The maximum absolute atomic E-state index is 13.8. The van der Waals surface area contributed by atoms with Crippen LogP contribution in [0.4, 0.5) is 4.39 Å². The predicted molar refractivity (Wildman–Crippen MR) is 62.2 cm³/mol. The number of hydrogen-bond donors (Lipinski definition) is 1. The first-order valence-electron chi connectivity index (χ1n) is 6.22. The molecule has 4 heteroatoms. The Balaban J connectivity index is 2.06. The first-order valence-corrected chi connectivity index (χ1v) is 6.22. The van der Waals surface area contributed by atoms with Crippen LogP contribution in [0.1, 0.15) is 44.1 Å². The third-order valence-corrected chi connectivity index (χ3v) is 3.19. The van der Waals surface area contributed by atoms with Gasteiger partial charge in [-0.05, 0) is 31.7 Å². The van der Waals surface area contributed by atoms with Crippen LogP contribution >= 0.6 is 0 Å². The minimum atomic E-state index is -0.528. The Morgan fingerprint density at radius 1 is 1.29 bits per heavy atom. The highest BCUT2D eigenvalue weighted by Crippen LogP contribution is 2.24. The standard InChI is InChI=1S/C13H18FNO2/c14-12-10(9-16)7-8-15-13(12)17-11-5-3-1-2-4-6-11/h7-8,11,16H,1-6,9H2. The van der Waals surface area contributed by atoms with Gasteiger partial charge in [0.2, 0.25) is 0 Å². The molecule has 2 rings (SSSR count). The number of rotatable bonds is 3. The average Bonchev–Trinajstić information content (AvgIpc) is 2.60. The zero-order valence-electron chi connectivity index (χ0n) is 9.86. The van der Waals surface area contributed by atoms with Crippen molar-refractivity contribution in [3.63, 3.8) is 0 Å². The molecular weight excluding hydrogens is 221 g/mol. The lowest BCUT2D eigenvalue weighted by Gasteiger charge is -2.16. The zero-order chi connectivity index (χ0) is 12.1. The number of halogens is 1. The van der Waals surface area contributed by atoms with Gasteiger partial charge < -0.3 is 9.84 Å². The van der Waals surface area contributed by atoms with Crippen LogP contribution in [-0.4, -0.2) is 16.2 Å². The van der Waals surface area contributed by atoms with Gasteiger partial charge in [0.25, 0.3) is 5.88 Å². The number of hydrogen-bond acceptors (Lipinski definition) is 3. The molecule has 0 atom stereocenters. The van der Waals surface area contributed by atoms with Gasteiger partial charge in [0.15, 0.2) is 5.82 Å². The van der Waals surface area contributed by atoms with Crippen molar-refractivity contribution in [2.24, 2.45) is 0 Å². The highest BCUT2D eigenvalue weighted by Gasteiger charge is 2.17. The molecule has 0 saturated heterocycles. The topological polar surface area (TPSA) is 42.4 Å². The predicted octanol–water partition coefficient (Wildman–Crippen LogP) is 2.81. The van der Waals surface area contributed by atoms with Crippen molar-refractivity contribution in [2.45, 2.75) is 51.2 Å². The van der Waals surface area contributed by atoms with Crippen molar-refractivity contribution in [3.8, 4) is 5.88 Å². The Morgan fingerprint density at radius 2 is 2.00 bits per heavy atom. The molecule has 1 saturated carbocycles. The fraction of sp³-hybridized carbons (Fsp3) is 0.615. The Bertz CT molecular complexity index is 362. The first kappa shape index (κ1) is 12.3. The minimum absolute atomic E-state index is 0.0310. The summed E-state index contributed by atoms with van der Waals surface area (Å²) in [6.07, 6.45) is 8.18. The second-order valence-electron chi connectivity index (χ2n) is 4.48. The lowest BCUT2D eigenvalue weighted by atomic mass is 10.1. The lowest BCUT2D eigenvalue weighted by Crippen LogP contribution is -2.17. The number of aliphatic hydroxyl groups excluding tert-OH is 1. The molecule has 1 aromatic rings. The van der Waals surface area contributed by atoms with Crippen molar-refractivity contribution in [2.75, 3.05) is 0 Å². The summed E-state index contributed by atoms with van der Waals surface area (Å²) < 4.78 is 19.4. The van der Waals surface area contributed by atoms with E-state index in [0.717, 1.165) is 25.7 Å². The summed E-state index contributed by atoms with van der Waals surface area (Å²) in [6, 6.07) is 1.47. The van der Waals surface area contributed by atoms with E-state index in [1.807, 2.05) is 0 Å². The molecule has 0 radical (unpaired) electrons. The van der Waals surface area contributed by atoms with Crippen molar-refractivity contribution >= 4 is 0 Å². The molecule has 0 spiro atoms. The molecular formula is C13H18FNO2. The van der Waals surface area contributed by atoms with Crippen molar-refractivity contribution in [3.05, 3.63) is 23.6 Å². The van der Waals surface area contributed by atoms with E-state index in [4.69, 9.17) is 9.84 Å². The van der Waals surface area contributed by atoms with Crippen molar-refractivity contribution in [1.82, 2.24) is 4.98 Å². The van der Waals surface area contributed by atoms with Gasteiger partial charge in [-0.3, -0.25) is 0 Å². The van der Waals surface area contributed by atoms with Crippen LogP contribution in [0.2, 0.25) is 0 Å². The minimum Gasteiger partial charge on any atom is -0.472 e. The number of aromatic nitrogens is 1. The van der Waals surface area contributed by atoms with Crippen molar-refractivity contribution in [1.29, 1.82) is 0 Å². The summed E-state index contributed by atoms with van der Waals surface area (Å²) >= 11 is 0. The molecule has 0 aliphatic heterocycles. The van der Waals surface area contributed by atoms with Crippen LogP contribution in [0.15, 0.2) is 12.3 Å². The first-order chi connectivity index (χ1) is 8.31. The fourth-order valence-corrected chi connectivity index (χ4v) is 2.18. The van der Waals surface area contributed by atoms with Gasteiger partial charge in [-0.25, -0.2) is 9.37 Å². The van der Waals surface area contributed by atoms with Gasteiger partial charge in [-0.1, -0.05) is 12.8 Å². The monoisotopic (exact) mass is 239 g/mol. The van der Waals surface area contributed by atoms with E-state index in [9.17, 15) is 4.39 Å². The normalized spacial score (nSPS) is 17.8. The van der Waals surface area contributed by atoms with Crippen LogP contribution in [0.3, 0.4) is 0 Å². The molecule has 3 nitrogen and oxygen atoms in total. The summed E-state index contributed by atoms with van der Waals surface area (Å²) in [6.45, 7) is -0.324. The zero-order valence-corrected chi connectivity index (χ0v) is 9.86. The van der Waals surface area contributed by atoms with Gasteiger partial charge >= 0.3 is 0 Å². The van der Waals surface area contributed by atoms with E-state index in [-0.39, 0.29) is 24.2 Å². The Morgan fingerprint density at radius 3 is 2.65 bits per heavy atom. The molecule has 0 amide bonds. The number of aliphatic hydroxyl groups is 1. The van der Waals surface area contributed by atoms with Crippen LogP contribution in [0, 0.1) is 5.82 Å². The molecule has 0 bridgehead atoms. The molecule has 94 valence electrons. The van der Waals surface area contributed by atoms with Crippen LogP contribution in [-0.2, 0) is 6.61 Å². The molecule has 1 heterocycles. The van der Waals surface area contributed by atoms with Gasteiger partial charge in [-0.2, -0.15) is 0 Å². The largest absolute Gasteiger partial charge is 0.472 e. The SMILES string of the molecule is OCc1ccnc(OC2CCCCCC2)c1F. The van der Waals surface area contributed by atoms with E-state index >= 15 is 0 Å². The average molecular weight is 239 g/mol. The summed E-state index contributed by atoms with van der Waals surface area (Å²) in [4.78, 5) is 3.90. The number of ether oxygens (including phenoxy) is 1. The summed E-state index contributed by atoms with van der Waals surface area (Å²) in [7, 11) is 0.